The molecule has 0 radical (unpaired) electrons. The van der Waals surface area contributed by atoms with Gasteiger partial charge in [0.05, 0.1) is 11.6 Å². The number of aromatic nitrogens is 3. The molecule has 0 bridgehead atoms. The lowest BCUT2D eigenvalue weighted by Crippen LogP contribution is -2.20. The minimum absolute atomic E-state index is 0.123. The van der Waals surface area contributed by atoms with E-state index in [-0.39, 0.29) is 6.04 Å². The minimum atomic E-state index is 0.123. The highest BCUT2D eigenvalue weighted by Gasteiger charge is 2.16. The lowest BCUT2D eigenvalue weighted by atomic mass is 10.2. The maximum absolute atomic E-state index is 5.65. The Morgan fingerprint density at radius 2 is 2.24 bits per heavy atom. The van der Waals surface area contributed by atoms with E-state index in [1.807, 2.05) is 12.1 Å². The van der Waals surface area contributed by atoms with Crippen LogP contribution in [-0.4, -0.2) is 21.7 Å². The predicted octanol–water partition coefficient (Wildman–Crippen LogP) is 2.19. The Morgan fingerprint density at radius 1 is 1.35 bits per heavy atom. The van der Waals surface area contributed by atoms with Crippen molar-refractivity contribution in [3.8, 4) is 11.5 Å². The molecule has 17 heavy (non-hydrogen) atoms. The first-order chi connectivity index (χ1) is 8.35. The fourth-order valence-corrected chi connectivity index (χ4v) is 1.63. The molecule has 0 aliphatic rings. The third kappa shape index (κ3) is 2.68. The smallest absolute Gasteiger partial charge is 0.249 e. The molecule has 0 fully saturated rings. The van der Waals surface area contributed by atoms with Gasteiger partial charge in [0.1, 0.15) is 0 Å². The van der Waals surface area contributed by atoms with Crippen molar-refractivity contribution in [2.24, 2.45) is 0 Å². The van der Waals surface area contributed by atoms with Gasteiger partial charge in [-0.15, -0.1) is 10.2 Å². The molecule has 0 saturated carbocycles. The van der Waals surface area contributed by atoms with Crippen LogP contribution in [0.1, 0.15) is 32.2 Å². The van der Waals surface area contributed by atoms with Gasteiger partial charge in [-0.3, -0.25) is 4.98 Å². The van der Waals surface area contributed by atoms with Gasteiger partial charge in [-0.05, 0) is 25.1 Å². The molecule has 0 spiro atoms. The fourth-order valence-electron chi connectivity index (χ4n) is 1.63. The van der Waals surface area contributed by atoms with Crippen molar-refractivity contribution in [1.82, 2.24) is 20.5 Å². The van der Waals surface area contributed by atoms with E-state index in [2.05, 4.69) is 34.3 Å². The molecule has 0 aliphatic carbocycles. The van der Waals surface area contributed by atoms with E-state index in [9.17, 15) is 0 Å². The van der Waals surface area contributed by atoms with Crippen LogP contribution in [0.3, 0.4) is 0 Å². The molecule has 5 nitrogen and oxygen atoms in total. The van der Waals surface area contributed by atoms with Crippen LogP contribution in [0.25, 0.3) is 11.5 Å². The maximum atomic E-state index is 5.65. The first-order valence-corrected chi connectivity index (χ1v) is 5.82. The van der Waals surface area contributed by atoms with E-state index in [1.54, 1.807) is 12.4 Å². The van der Waals surface area contributed by atoms with E-state index < -0.39 is 0 Å². The lowest BCUT2D eigenvalue weighted by Gasteiger charge is -2.09. The number of hydrogen-bond donors (Lipinski definition) is 1. The molecule has 0 aromatic carbocycles. The molecular formula is C12H16N4O. The van der Waals surface area contributed by atoms with Gasteiger partial charge in [0.2, 0.25) is 11.8 Å². The average molecular weight is 232 g/mol. The highest BCUT2D eigenvalue weighted by molar-refractivity contribution is 5.49. The molecule has 2 aromatic heterocycles. The zero-order valence-electron chi connectivity index (χ0n) is 10.1. The zero-order valence-corrected chi connectivity index (χ0v) is 10.1. The van der Waals surface area contributed by atoms with Crippen LogP contribution in [0.5, 0.6) is 0 Å². The van der Waals surface area contributed by atoms with Crippen LogP contribution in [0.2, 0.25) is 0 Å². The summed E-state index contributed by atoms with van der Waals surface area (Å²) in [6.45, 7) is 5.02. The Hall–Kier alpha value is -1.75. The largest absolute Gasteiger partial charge is 0.419 e. The van der Waals surface area contributed by atoms with Crippen molar-refractivity contribution < 1.29 is 4.42 Å². The zero-order chi connectivity index (χ0) is 12.1. The Kier molecular flexibility index (Phi) is 3.82. The predicted molar refractivity (Wildman–Crippen MR) is 64.2 cm³/mol. The molecule has 0 amide bonds. The third-order valence-electron chi connectivity index (χ3n) is 2.51. The standard InChI is InChI=1S/C12H16N4O/c1-3-10(14-4-2)12-16-15-11(17-12)9-6-5-7-13-8-9/h5-8,10,14H,3-4H2,1-2H3. The van der Waals surface area contributed by atoms with Gasteiger partial charge in [0.25, 0.3) is 0 Å². The summed E-state index contributed by atoms with van der Waals surface area (Å²) in [6, 6.07) is 3.87. The van der Waals surface area contributed by atoms with Crippen LogP contribution in [0, 0.1) is 0 Å². The topological polar surface area (TPSA) is 63.8 Å². The first-order valence-electron chi connectivity index (χ1n) is 5.82. The van der Waals surface area contributed by atoms with Gasteiger partial charge in [0, 0.05) is 12.4 Å². The second-order valence-corrected chi connectivity index (χ2v) is 3.71. The molecule has 2 aromatic rings. The summed E-state index contributed by atoms with van der Waals surface area (Å²) in [7, 11) is 0. The quantitative estimate of drug-likeness (QED) is 0.856. The summed E-state index contributed by atoms with van der Waals surface area (Å²) in [5.74, 6) is 1.15. The lowest BCUT2D eigenvalue weighted by molar-refractivity contribution is 0.402. The number of nitrogens with one attached hydrogen (secondary N) is 1. The van der Waals surface area contributed by atoms with Crippen LogP contribution in [0.15, 0.2) is 28.9 Å². The summed E-state index contributed by atoms with van der Waals surface area (Å²) < 4.78 is 5.65. The van der Waals surface area contributed by atoms with E-state index in [0.717, 1.165) is 18.5 Å². The molecule has 1 atom stereocenters. The molecule has 2 rings (SSSR count). The molecule has 0 aliphatic heterocycles. The second kappa shape index (κ2) is 5.54. The molecule has 5 heteroatoms. The van der Waals surface area contributed by atoms with Crippen LogP contribution in [0.4, 0.5) is 0 Å². The number of pyridine rings is 1. The summed E-state index contributed by atoms with van der Waals surface area (Å²) in [5, 5.41) is 11.4. The summed E-state index contributed by atoms with van der Waals surface area (Å²) >= 11 is 0. The minimum Gasteiger partial charge on any atom is -0.419 e. The van der Waals surface area contributed by atoms with Gasteiger partial charge in [-0.1, -0.05) is 13.8 Å². The molecule has 1 unspecified atom stereocenters. The molecule has 90 valence electrons. The Bertz CT molecular complexity index is 455. The van der Waals surface area contributed by atoms with Crippen molar-refractivity contribution in [3.05, 3.63) is 30.4 Å². The third-order valence-corrected chi connectivity index (χ3v) is 2.51. The SMILES string of the molecule is CCNC(CC)c1nnc(-c2cccnc2)o1. The van der Waals surface area contributed by atoms with Crippen molar-refractivity contribution in [3.63, 3.8) is 0 Å². The second-order valence-electron chi connectivity index (χ2n) is 3.71. The summed E-state index contributed by atoms with van der Waals surface area (Å²) in [6.07, 6.45) is 4.35. The Balaban J connectivity index is 2.21. The van der Waals surface area contributed by atoms with E-state index in [0.29, 0.717) is 11.8 Å². The van der Waals surface area contributed by atoms with Crippen molar-refractivity contribution in [1.29, 1.82) is 0 Å². The normalized spacial score (nSPS) is 12.6. The highest BCUT2D eigenvalue weighted by atomic mass is 16.4. The Morgan fingerprint density at radius 3 is 2.88 bits per heavy atom. The van der Waals surface area contributed by atoms with Crippen LogP contribution < -0.4 is 5.32 Å². The van der Waals surface area contributed by atoms with E-state index in [4.69, 9.17) is 4.42 Å². The maximum Gasteiger partial charge on any atom is 0.249 e. The first kappa shape index (κ1) is 11.7. The van der Waals surface area contributed by atoms with Crippen molar-refractivity contribution in [2.75, 3.05) is 6.54 Å². The molecular weight excluding hydrogens is 216 g/mol. The highest BCUT2D eigenvalue weighted by Crippen LogP contribution is 2.21. The molecule has 1 N–H and O–H groups in total. The fraction of sp³-hybridized carbons (Fsp3) is 0.417. The van der Waals surface area contributed by atoms with E-state index >= 15 is 0 Å². The monoisotopic (exact) mass is 232 g/mol. The van der Waals surface area contributed by atoms with Gasteiger partial charge in [-0.2, -0.15) is 0 Å². The number of rotatable bonds is 5. The summed E-state index contributed by atoms with van der Waals surface area (Å²) in [5.41, 5.74) is 0.845. The van der Waals surface area contributed by atoms with Gasteiger partial charge < -0.3 is 9.73 Å². The number of hydrogen-bond acceptors (Lipinski definition) is 5. The van der Waals surface area contributed by atoms with E-state index in [1.165, 1.54) is 0 Å². The van der Waals surface area contributed by atoms with Crippen LogP contribution in [-0.2, 0) is 0 Å². The molecule has 0 saturated heterocycles. The average Bonchev–Trinajstić information content (AvgIpc) is 2.86. The van der Waals surface area contributed by atoms with Gasteiger partial charge in [0.15, 0.2) is 0 Å². The van der Waals surface area contributed by atoms with Crippen LogP contribution >= 0.6 is 0 Å². The Labute approximate surface area is 100 Å². The number of nitrogens with zero attached hydrogens (tertiary/aromatic N) is 3. The van der Waals surface area contributed by atoms with Gasteiger partial charge >= 0.3 is 0 Å². The summed E-state index contributed by atoms with van der Waals surface area (Å²) in [4.78, 5) is 4.03. The molecule has 2 heterocycles. The van der Waals surface area contributed by atoms with Crippen molar-refractivity contribution >= 4 is 0 Å². The van der Waals surface area contributed by atoms with Gasteiger partial charge in [-0.25, -0.2) is 0 Å². The van der Waals surface area contributed by atoms with Crippen molar-refractivity contribution in [2.45, 2.75) is 26.3 Å².